The molecule has 0 unspecified atom stereocenters. The van der Waals surface area contributed by atoms with Gasteiger partial charge in [-0.25, -0.2) is 9.97 Å². The molecule has 3 heterocycles. The lowest BCUT2D eigenvalue weighted by Gasteiger charge is -2.27. The van der Waals surface area contributed by atoms with Gasteiger partial charge in [-0.1, -0.05) is 12.1 Å². The van der Waals surface area contributed by atoms with Crippen molar-refractivity contribution in [1.29, 1.82) is 0 Å². The Morgan fingerprint density at radius 2 is 1.79 bits per heavy atom. The highest BCUT2D eigenvalue weighted by molar-refractivity contribution is 5.99. The standard InChI is InChI=1S/C24H26N6O3/c1-2-33-21-6-4-3-5-19(21)28-20-13-23(27-15-18(20)24(25)32)29-22-8-7-16(14-26-22)30-11-9-17(31)10-12-30/h3-8,13-15H,2,9-12H2,1H3,(H2,25,32)(H2,26,27,28,29). The van der Waals surface area contributed by atoms with Crippen molar-refractivity contribution in [2.24, 2.45) is 5.73 Å². The molecule has 1 aliphatic heterocycles. The lowest BCUT2D eigenvalue weighted by atomic mass is 10.1. The van der Waals surface area contributed by atoms with Crippen molar-refractivity contribution in [2.75, 3.05) is 35.2 Å². The molecule has 0 radical (unpaired) electrons. The number of aromatic nitrogens is 2. The van der Waals surface area contributed by atoms with Gasteiger partial charge < -0.3 is 26.0 Å². The summed E-state index contributed by atoms with van der Waals surface area (Å²) in [5.74, 6) is 1.48. The van der Waals surface area contributed by atoms with Crippen LogP contribution in [0.3, 0.4) is 0 Å². The first kappa shape index (κ1) is 22.1. The number of carbonyl (C=O) groups excluding carboxylic acids is 2. The van der Waals surface area contributed by atoms with Gasteiger partial charge in [-0.3, -0.25) is 9.59 Å². The first-order valence-corrected chi connectivity index (χ1v) is 10.8. The van der Waals surface area contributed by atoms with E-state index < -0.39 is 5.91 Å². The number of pyridine rings is 2. The number of Topliss-reactive ketones (excluding diaryl/α,β-unsaturated/α-hetero) is 1. The average Bonchev–Trinajstić information content (AvgIpc) is 2.82. The van der Waals surface area contributed by atoms with E-state index in [0.717, 1.165) is 5.69 Å². The van der Waals surface area contributed by atoms with E-state index in [4.69, 9.17) is 10.5 Å². The number of piperidine rings is 1. The van der Waals surface area contributed by atoms with Gasteiger partial charge in [0.1, 0.15) is 23.2 Å². The van der Waals surface area contributed by atoms with E-state index in [9.17, 15) is 9.59 Å². The van der Waals surface area contributed by atoms with E-state index in [2.05, 4.69) is 25.5 Å². The van der Waals surface area contributed by atoms with E-state index in [-0.39, 0.29) is 5.56 Å². The summed E-state index contributed by atoms with van der Waals surface area (Å²) in [6.07, 6.45) is 4.33. The van der Waals surface area contributed by atoms with Crippen LogP contribution < -0.4 is 26.0 Å². The second kappa shape index (κ2) is 9.99. The van der Waals surface area contributed by atoms with Crippen LogP contribution in [0.5, 0.6) is 5.75 Å². The second-order valence-electron chi connectivity index (χ2n) is 7.59. The molecule has 1 aliphatic rings. The maximum Gasteiger partial charge on any atom is 0.252 e. The van der Waals surface area contributed by atoms with E-state index in [1.54, 1.807) is 12.3 Å². The molecule has 170 valence electrons. The van der Waals surface area contributed by atoms with Crippen LogP contribution >= 0.6 is 0 Å². The van der Waals surface area contributed by atoms with Gasteiger partial charge in [0.15, 0.2) is 0 Å². The Kier molecular flexibility index (Phi) is 6.68. The molecule has 4 N–H and O–H groups in total. The number of nitrogens with one attached hydrogen (secondary N) is 2. The first-order valence-electron chi connectivity index (χ1n) is 10.8. The molecule has 9 nitrogen and oxygen atoms in total. The Hall–Kier alpha value is -4.14. The molecule has 0 bridgehead atoms. The molecule has 1 amide bonds. The number of hydrogen-bond donors (Lipinski definition) is 3. The van der Waals surface area contributed by atoms with Gasteiger partial charge in [-0.15, -0.1) is 0 Å². The highest BCUT2D eigenvalue weighted by Crippen LogP contribution is 2.30. The van der Waals surface area contributed by atoms with Crippen molar-refractivity contribution in [3.05, 3.63) is 60.4 Å². The first-order chi connectivity index (χ1) is 16.0. The van der Waals surface area contributed by atoms with Crippen LogP contribution in [0.15, 0.2) is 54.9 Å². The van der Waals surface area contributed by atoms with Crippen molar-refractivity contribution in [2.45, 2.75) is 19.8 Å². The minimum absolute atomic E-state index is 0.259. The van der Waals surface area contributed by atoms with Gasteiger partial charge in [0.2, 0.25) is 0 Å². The molecule has 0 atom stereocenters. The molecule has 1 aromatic carbocycles. The summed E-state index contributed by atoms with van der Waals surface area (Å²) >= 11 is 0. The Morgan fingerprint density at radius 1 is 1.03 bits per heavy atom. The SMILES string of the molecule is CCOc1ccccc1Nc1cc(Nc2ccc(N3CCC(=O)CC3)cn2)ncc1C(N)=O. The summed E-state index contributed by atoms with van der Waals surface area (Å²) in [4.78, 5) is 34.3. The van der Waals surface area contributed by atoms with Gasteiger partial charge in [0.25, 0.3) is 5.91 Å². The van der Waals surface area contributed by atoms with Crippen LogP contribution in [0.1, 0.15) is 30.1 Å². The van der Waals surface area contributed by atoms with Gasteiger partial charge in [0, 0.05) is 38.2 Å². The number of ether oxygens (including phenoxy) is 1. The number of amides is 1. The summed E-state index contributed by atoms with van der Waals surface area (Å²) < 4.78 is 5.66. The maximum absolute atomic E-state index is 12.0. The number of benzene rings is 1. The third kappa shape index (κ3) is 5.38. The quantitative estimate of drug-likeness (QED) is 0.479. The van der Waals surface area contributed by atoms with Crippen LogP contribution in [-0.2, 0) is 4.79 Å². The second-order valence-corrected chi connectivity index (χ2v) is 7.59. The lowest BCUT2D eigenvalue weighted by Crippen LogP contribution is -2.33. The number of primary amides is 1. The normalized spacial score (nSPS) is 13.5. The molecule has 4 rings (SSSR count). The number of anilines is 5. The molecule has 3 aromatic rings. The average molecular weight is 447 g/mol. The van der Waals surface area contributed by atoms with Crippen LogP contribution in [0.25, 0.3) is 0 Å². The summed E-state index contributed by atoms with van der Waals surface area (Å²) in [6, 6.07) is 13.0. The Morgan fingerprint density at radius 3 is 2.48 bits per heavy atom. The predicted octanol–water partition coefficient (Wildman–Crippen LogP) is 3.63. The van der Waals surface area contributed by atoms with Crippen molar-refractivity contribution in [3.63, 3.8) is 0 Å². The zero-order valence-electron chi connectivity index (χ0n) is 18.4. The lowest BCUT2D eigenvalue weighted by molar-refractivity contribution is -0.119. The number of nitrogens with zero attached hydrogens (tertiary/aromatic N) is 3. The fraction of sp³-hybridized carbons (Fsp3) is 0.250. The smallest absolute Gasteiger partial charge is 0.252 e. The van der Waals surface area contributed by atoms with Crippen molar-refractivity contribution in [3.8, 4) is 5.75 Å². The molecule has 33 heavy (non-hydrogen) atoms. The fourth-order valence-electron chi connectivity index (χ4n) is 3.61. The van der Waals surface area contributed by atoms with Crippen LogP contribution in [0.2, 0.25) is 0 Å². The minimum atomic E-state index is -0.590. The number of nitrogens with two attached hydrogens (primary N) is 1. The molecule has 1 saturated heterocycles. The van der Waals surface area contributed by atoms with Crippen molar-refractivity contribution >= 4 is 40.4 Å². The van der Waals surface area contributed by atoms with Crippen LogP contribution in [-0.4, -0.2) is 41.4 Å². The van der Waals surface area contributed by atoms with Crippen LogP contribution in [0, 0.1) is 0 Å². The van der Waals surface area contributed by atoms with Gasteiger partial charge in [0.05, 0.1) is 35.4 Å². The van der Waals surface area contributed by atoms with Gasteiger partial charge in [-0.05, 0) is 31.2 Å². The number of rotatable bonds is 8. The monoisotopic (exact) mass is 446 g/mol. The summed E-state index contributed by atoms with van der Waals surface area (Å²) in [5.41, 5.74) is 8.00. The fourth-order valence-corrected chi connectivity index (χ4v) is 3.61. The molecule has 9 heteroatoms. The third-order valence-electron chi connectivity index (χ3n) is 5.32. The zero-order chi connectivity index (χ0) is 23.2. The van der Waals surface area contributed by atoms with E-state index in [0.29, 0.717) is 67.1 Å². The zero-order valence-corrected chi connectivity index (χ0v) is 18.4. The van der Waals surface area contributed by atoms with Crippen LogP contribution in [0.4, 0.5) is 28.7 Å². The number of ketones is 1. The molecular formula is C24H26N6O3. The van der Waals surface area contributed by atoms with E-state index in [1.807, 2.05) is 43.3 Å². The van der Waals surface area contributed by atoms with Crippen molar-refractivity contribution in [1.82, 2.24) is 9.97 Å². The van der Waals surface area contributed by atoms with E-state index in [1.165, 1.54) is 6.20 Å². The summed E-state index contributed by atoms with van der Waals surface area (Å²) in [5, 5.41) is 6.38. The van der Waals surface area contributed by atoms with E-state index >= 15 is 0 Å². The molecule has 0 saturated carbocycles. The number of para-hydroxylation sites is 2. The predicted molar refractivity (Wildman–Crippen MR) is 128 cm³/mol. The largest absolute Gasteiger partial charge is 0.492 e. The Labute approximate surface area is 192 Å². The number of hydrogen-bond acceptors (Lipinski definition) is 8. The van der Waals surface area contributed by atoms with Crippen molar-refractivity contribution < 1.29 is 14.3 Å². The molecule has 0 aliphatic carbocycles. The molecular weight excluding hydrogens is 420 g/mol. The summed E-state index contributed by atoms with van der Waals surface area (Å²) in [7, 11) is 0. The van der Waals surface area contributed by atoms with Gasteiger partial charge in [-0.2, -0.15) is 0 Å². The Balaban J connectivity index is 1.53. The maximum atomic E-state index is 12.0. The highest BCUT2D eigenvalue weighted by atomic mass is 16.5. The molecule has 0 spiro atoms. The molecule has 1 fully saturated rings. The van der Waals surface area contributed by atoms with Gasteiger partial charge >= 0.3 is 0 Å². The minimum Gasteiger partial charge on any atom is -0.492 e. The molecule has 2 aromatic heterocycles. The Bertz CT molecular complexity index is 1140. The topological polar surface area (TPSA) is 122 Å². The summed E-state index contributed by atoms with van der Waals surface area (Å²) in [6.45, 7) is 3.84. The number of carbonyl (C=O) groups is 2. The highest BCUT2D eigenvalue weighted by Gasteiger charge is 2.17. The third-order valence-corrected chi connectivity index (χ3v) is 5.32.